The van der Waals surface area contributed by atoms with Crippen LogP contribution in [0.25, 0.3) is 0 Å². The van der Waals surface area contributed by atoms with Crippen LogP contribution in [0, 0.1) is 10.1 Å². The first-order valence-electron chi connectivity index (χ1n) is 5.53. The Hall–Kier alpha value is -1.63. The lowest BCUT2D eigenvalue weighted by atomic mass is 10.1. The summed E-state index contributed by atoms with van der Waals surface area (Å²) in [6.07, 6.45) is 2.03. The molecule has 18 heavy (non-hydrogen) atoms. The summed E-state index contributed by atoms with van der Waals surface area (Å²) in [6.45, 7) is 1.57. The van der Waals surface area contributed by atoms with Crippen LogP contribution in [0.4, 0.5) is 11.4 Å². The van der Waals surface area contributed by atoms with Crippen molar-refractivity contribution in [2.45, 2.75) is 12.8 Å². The number of nitro benzene ring substituents is 1. The van der Waals surface area contributed by atoms with Crippen LogP contribution in [-0.2, 0) is 0 Å². The molecule has 0 unspecified atom stereocenters. The zero-order valence-corrected chi connectivity index (χ0v) is 11.1. The van der Waals surface area contributed by atoms with Crippen LogP contribution in [0.2, 0.25) is 0 Å². The Morgan fingerprint density at radius 3 is 2.50 bits per heavy atom. The minimum Gasteiger partial charge on any atom is -0.366 e. The van der Waals surface area contributed by atoms with Crippen molar-refractivity contribution in [3.8, 4) is 0 Å². The van der Waals surface area contributed by atoms with Gasteiger partial charge in [0.1, 0.15) is 5.69 Å². The Balaban J connectivity index is 2.56. The molecule has 96 valence electrons. The second kappa shape index (κ2) is 4.93. The summed E-state index contributed by atoms with van der Waals surface area (Å²) in [7, 11) is 0. The number of rotatable bonds is 3. The zero-order valence-electron chi connectivity index (χ0n) is 9.56. The average Bonchev–Trinajstić information content (AvgIpc) is 2.80. The van der Waals surface area contributed by atoms with Crippen LogP contribution in [0.3, 0.4) is 0 Å². The van der Waals surface area contributed by atoms with E-state index < -0.39 is 10.8 Å². The van der Waals surface area contributed by atoms with Gasteiger partial charge in [0.25, 0.3) is 5.69 Å². The lowest BCUT2D eigenvalue weighted by Gasteiger charge is -2.19. The normalized spacial score (nSPS) is 14.8. The number of amides is 1. The van der Waals surface area contributed by atoms with Crippen molar-refractivity contribution in [2.24, 2.45) is 5.73 Å². The van der Waals surface area contributed by atoms with Gasteiger partial charge in [-0.3, -0.25) is 14.9 Å². The molecule has 1 aromatic rings. The molecule has 1 fully saturated rings. The van der Waals surface area contributed by atoms with Crippen LogP contribution >= 0.6 is 15.9 Å². The van der Waals surface area contributed by atoms with Crippen LogP contribution in [-0.4, -0.2) is 23.9 Å². The van der Waals surface area contributed by atoms with Gasteiger partial charge >= 0.3 is 0 Å². The van der Waals surface area contributed by atoms with Gasteiger partial charge in [-0.1, -0.05) is 0 Å². The maximum atomic E-state index is 11.1. The number of carbonyl (C=O) groups excluding carboxylic acids is 1. The molecule has 2 rings (SSSR count). The number of nitro groups is 1. The van der Waals surface area contributed by atoms with Crippen molar-refractivity contribution in [3.05, 3.63) is 32.3 Å². The molecule has 0 saturated carbocycles. The number of hydrogen-bond donors (Lipinski definition) is 1. The highest BCUT2D eigenvalue weighted by Crippen LogP contribution is 2.38. The molecule has 6 nitrogen and oxygen atoms in total. The summed E-state index contributed by atoms with van der Waals surface area (Å²) < 4.78 is 0.535. The van der Waals surface area contributed by atoms with E-state index in [1.807, 2.05) is 4.90 Å². The van der Waals surface area contributed by atoms with Gasteiger partial charge in [-0.15, -0.1) is 0 Å². The molecule has 1 heterocycles. The molecule has 7 heteroatoms. The lowest BCUT2D eigenvalue weighted by Crippen LogP contribution is -2.20. The maximum Gasteiger partial charge on any atom is 0.294 e. The number of nitrogens with two attached hydrogens (primary N) is 1. The molecular weight excluding hydrogens is 302 g/mol. The number of hydrogen-bond acceptors (Lipinski definition) is 4. The number of primary amides is 1. The van der Waals surface area contributed by atoms with E-state index in [1.54, 1.807) is 0 Å². The van der Waals surface area contributed by atoms with Crippen molar-refractivity contribution in [2.75, 3.05) is 18.0 Å². The van der Waals surface area contributed by atoms with E-state index in [0.29, 0.717) is 10.2 Å². The van der Waals surface area contributed by atoms with Gasteiger partial charge in [0, 0.05) is 29.2 Å². The molecule has 1 saturated heterocycles. The summed E-state index contributed by atoms with van der Waals surface area (Å²) in [5, 5.41) is 11.1. The fraction of sp³-hybridized carbons (Fsp3) is 0.364. The smallest absolute Gasteiger partial charge is 0.294 e. The lowest BCUT2D eigenvalue weighted by molar-refractivity contribution is -0.384. The van der Waals surface area contributed by atoms with E-state index in [-0.39, 0.29) is 11.3 Å². The molecule has 0 radical (unpaired) electrons. The number of nitrogens with zero attached hydrogens (tertiary/aromatic N) is 2. The van der Waals surface area contributed by atoms with Crippen LogP contribution < -0.4 is 10.6 Å². The van der Waals surface area contributed by atoms with Gasteiger partial charge in [0.2, 0.25) is 5.91 Å². The maximum absolute atomic E-state index is 11.1. The van der Waals surface area contributed by atoms with E-state index in [0.717, 1.165) is 25.9 Å². The fourth-order valence-electron chi connectivity index (χ4n) is 2.12. The molecule has 1 aromatic carbocycles. The van der Waals surface area contributed by atoms with Crippen molar-refractivity contribution < 1.29 is 9.72 Å². The second-order valence-electron chi connectivity index (χ2n) is 4.14. The molecule has 0 spiro atoms. The standard InChI is InChI=1S/C11H12BrN3O3/c12-8-5-7(11(13)16)6-9(15(17)18)10(8)14-3-1-2-4-14/h5-6H,1-4H2,(H2,13,16). The third kappa shape index (κ3) is 2.31. The molecule has 0 bridgehead atoms. The first kappa shape index (κ1) is 12.8. The monoisotopic (exact) mass is 313 g/mol. The highest BCUT2D eigenvalue weighted by atomic mass is 79.9. The largest absolute Gasteiger partial charge is 0.366 e. The SMILES string of the molecule is NC(=O)c1cc(Br)c(N2CCCC2)c([N+](=O)[O-])c1. The minimum atomic E-state index is -0.674. The average molecular weight is 314 g/mol. The molecule has 1 aliphatic heterocycles. The highest BCUT2D eigenvalue weighted by Gasteiger charge is 2.26. The van der Waals surface area contributed by atoms with E-state index in [4.69, 9.17) is 5.73 Å². The second-order valence-corrected chi connectivity index (χ2v) is 5.00. The number of halogens is 1. The Kier molecular flexibility index (Phi) is 3.51. The van der Waals surface area contributed by atoms with Gasteiger partial charge in [-0.25, -0.2) is 0 Å². The molecule has 0 atom stereocenters. The molecule has 1 aliphatic rings. The van der Waals surface area contributed by atoms with E-state index >= 15 is 0 Å². The molecular formula is C11H12BrN3O3. The topological polar surface area (TPSA) is 89.5 Å². The fourth-order valence-corrected chi connectivity index (χ4v) is 2.82. The Labute approximate surface area is 112 Å². The number of carbonyl (C=O) groups is 1. The van der Waals surface area contributed by atoms with E-state index in [2.05, 4.69) is 15.9 Å². The van der Waals surface area contributed by atoms with Crippen molar-refractivity contribution >= 4 is 33.2 Å². The third-order valence-electron chi connectivity index (χ3n) is 2.95. The summed E-state index contributed by atoms with van der Waals surface area (Å²) in [5.74, 6) is -0.674. The molecule has 0 aromatic heterocycles. The molecule has 1 amide bonds. The first-order chi connectivity index (χ1) is 8.50. The highest BCUT2D eigenvalue weighted by molar-refractivity contribution is 9.10. The van der Waals surface area contributed by atoms with Gasteiger partial charge < -0.3 is 10.6 Å². The van der Waals surface area contributed by atoms with Gasteiger partial charge in [-0.05, 0) is 34.8 Å². The summed E-state index contributed by atoms with van der Waals surface area (Å²) >= 11 is 3.29. The van der Waals surface area contributed by atoms with E-state index in [1.165, 1.54) is 12.1 Å². The summed E-state index contributed by atoms with van der Waals surface area (Å²) in [6, 6.07) is 2.77. The van der Waals surface area contributed by atoms with Crippen molar-refractivity contribution in [1.29, 1.82) is 0 Å². The predicted molar refractivity (Wildman–Crippen MR) is 70.8 cm³/mol. The van der Waals surface area contributed by atoms with Crippen LogP contribution in [0.1, 0.15) is 23.2 Å². The quantitative estimate of drug-likeness (QED) is 0.683. The minimum absolute atomic E-state index is 0.0833. The van der Waals surface area contributed by atoms with Crippen LogP contribution in [0.5, 0.6) is 0 Å². The predicted octanol–water partition coefficient (Wildman–Crippen LogP) is 2.06. The Morgan fingerprint density at radius 2 is 2.00 bits per heavy atom. The summed E-state index contributed by atoms with van der Waals surface area (Å²) in [4.78, 5) is 23.7. The first-order valence-corrected chi connectivity index (χ1v) is 6.32. The van der Waals surface area contributed by atoms with Crippen molar-refractivity contribution in [3.63, 3.8) is 0 Å². The van der Waals surface area contributed by atoms with Gasteiger partial charge in [0.05, 0.1) is 4.92 Å². The third-order valence-corrected chi connectivity index (χ3v) is 3.55. The Morgan fingerprint density at radius 1 is 1.39 bits per heavy atom. The van der Waals surface area contributed by atoms with Gasteiger partial charge in [0.15, 0.2) is 0 Å². The zero-order chi connectivity index (χ0) is 13.3. The number of benzene rings is 1. The molecule has 0 aliphatic carbocycles. The Bertz CT molecular complexity index is 513. The van der Waals surface area contributed by atoms with Gasteiger partial charge in [-0.2, -0.15) is 0 Å². The van der Waals surface area contributed by atoms with Crippen molar-refractivity contribution in [1.82, 2.24) is 0 Å². The van der Waals surface area contributed by atoms with Crippen LogP contribution in [0.15, 0.2) is 16.6 Å². The van der Waals surface area contributed by atoms with E-state index in [9.17, 15) is 14.9 Å². The molecule has 2 N–H and O–H groups in total. The summed E-state index contributed by atoms with van der Waals surface area (Å²) in [5.41, 5.74) is 5.74. The number of anilines is 1.